The Labute approximate surface area is 93.1 Å². The van der Waals surface area contributed by atoms with E-state index < -0.39 is 5.92 Å². The molecule has 0 bridgehead atoms. The van der Waals surface area contributed by atoms with E-state index in [-0.39, 0.29) is 10.9 Å². The SMILES string of the molecule is CC(C(=O)NCc1cccnn1)C(N)=S. The molecule has 15 heavy (non-hydrogen) atoms. The minimum absolute atomic E-state index is 0.187. The fourth-order valence-corrected chi connectivity index (χ4v) is 0.995. The highest BCUT2D eigenvalue weighted by Gasteiger charge is 2.14. The second-order valence-corrected chi connectivity index (χ2v) is 3.53. The minimum atomic E-state index is -0.461. The van der Waals surface area contributed by atoms with Crippen LogP contribution in [0.2, 0.25) is 0 Å². The monoisotopic (exact) mass is 224 g/mol. The number of thiocarbonyl (C=S) groups is 1. The minimum Gasteiger partial charge on any atom is -0.393 e. The van der Waals surface area contributed by atoms with Crippen LogP contribution in [0.5, 0.6) is 0 Å². The van der Waals surface area contributed by atoms with Gasteiger partial charge in [0.25, 0.3) is 0 Å². The Morgan fingerprint density at radius 3 is 3.00 bits per heavy atom. The predicted molar refractivity (Wildman–Crippen MR) is 59.8 cm³/mol. The Morgan fingerprint density at radius 2 is 2.47 bits per heavy atom. The average molecular weight is 224 g/mol. The normalized spacial score (nSPS) is 11.8. The lowest BCUT2D eigenvalue weighted by Crippen LogP contribution is -2.35. The maximum atomic E-state index is 11.4. The summed E-state index contributed by atoms with van der Waals surface area (Å²) >= 11 is 4.71. The zero-order valence-electron chi connectivity index (χ0n) is 8.30. The third-order valence-electron chi connectivity index (χ3n) is 1.89. The van der Waals surface area contributed by atoms with E-state index in [9.17, 15) is 4.79 Å². The highest BCUT2D eigenvalue weighted by Crippen LogP contribution is 1.96. The van der Waals surface area contributed by atoms with Gasteiger partial charge in [-0.2, -0.15) is 10.2 Å². The lowest BCUT2D eigenvalue weighted by molar-refractivity contribution is -0.122. The van der Waals surface area contributed by atoms with E-state index in [0.29, 0.717) is 12.2 Å². The van der Waals surface area contributed by atoms with Gasteiger partial charge in [0.1, 0.15) is 0 Å². The largest absolute Gasteiger partial charge is 0.393 e. The average Bonchev–Trinajstić information content (AvgIpc) is 2.26. The number of carbonyl (C=O) groups is 1. The standard InChI is InChI=1S/C9H12N4OS/c1-6(8(10)15)9(14)11-5-7-3-2-4-12-13-7/h2-4,6H,5H2,1H3,(H2,10,15)(H,11,14). The lowest BCUT2D eigenvalue weighted by Gasteiger charge is -2.09. The van der Waals surface area contributed by atoms with Crippen LogP contribution in [-0.2, 0) is 11.3 Å². The van der Waals surface area contributed by atoms with Crippen LogP contribution in [0.1, 0.15) is 12.6 Å². The number of hydrogen-bond donors (Lipinski definition) is 2. The first kappa shape index (κ1) is 11.5. The summed E-state index contributed by atoms with van der Waals surface area (Å²) in [5.41, 5.74) is 6.04. The van der Waals surface area contributed by atoms with Gasteiger partial charge in [0.15, 0.2) is 0 Å². The first-order valence-corrected chi connectivity index (χ1v) is 4.85. The third-order valence-corrected chi connectivity index (χ3v) is 2.24. The second-order valence-electron chi connectivity index (χ2n) is 3.06. The molecule has 1 atom stereocenters. The van der Waals surface area contributed by atoms with Crippen molar-refractivity contribution in [1.82, 2.24) is 15.5 Å². The third kappa shape index (κ3) is 3.59. The van der Waals surface area contributed by atoms with Crippen molar-refractivity contribution in [1.29, 1.82) is 0 Å². The van der Waals surface area contributed by atoms with Crippen molar-refractivity contribution < 1.29 is 4.79 Å². The first-order valence-electron chi connectivity index (χ1n) is 4.45. The number of nitrogens with one attached hydrogen (secondary N) is 1. The fraction of sp³-hybridized carbons (Fsp3) is 0.333. The molecule has 0 radical (unpaired) electrons. The molecule has 6 heteroatoms. The zero-order valence-corrected chi connectivity index (χ0v) is 9.12. The lowest BCUT2D eigenvalue weighted by atomic mass is 10.1. The Hall–Kier alpha value is -1.56. The maximum absolute atomic E-state index is 11.4. The molecule has 1 heterocycles. The number of aromatic nitrogens is 2. The van der Waals surface area contributed by atoms with E-state index in [0.717, 1.165) is 0 Å². The summed E-state index contributed by atoms with van der Waals surface area (Å²) < 4.78 is 0. The van der Waals surface area contributed by atoms with Crippen LogP contribution in [0, 0.1) is 5.92 Å². The second kappa shape index (κ2) is 5.35. The maximum Gasteiger partial charge on any atom is 0.229 e. The van der Waals surface area contributed by atoms with Crippen LogP contribution < -0.4 is 11.1 Å². The van der Waals surface area contributed by atoms with Crippen molar-refractivity contribution in [2.75, 3.05) is 0 Å². The van der Waals surface area contributed by atoms with Crippen LogP contribution in [0.3, 0.4) is 0 Å². The molecule has 0 aliphatic carbocycles. The van der Waals surface area contributed by atoms with Gasteiger partial charge in [0.2, 0.25) is 5.91 Å². The number of nitrogens with two attached hydrogens (primary N) is 1. The molecule has 0 aromatic carbocycles. The summed E-state index contributed by atoms with van der Waals surface area (Å²) in [7, 11) is 0. The quantitative estimate of drug-likeness (QED) is 0.704. The molecule has 1 unspecified atom stereocenters. The van der Waals surface area contributed by atoms with Crippen molar-refractivity contribution in [3.8, 4) is 0 Å². The van der Waals surface area contributed by atoms with Gasteiger partial charge in [-0.05, 0) is 19.1 Å². The first-order chi connectivity index (χ1) is 7.11. The van der Waals surface area contributed by atoms with Crippen molar-refractivity contribution >= 4 is 23.1 Å². The van der Waals surface area contributed by atoms with Gasteiger partial charge in [-0.1, -0.05) is 12.2 Å². The van der Waals surface area contributed by atoms with Crippen molar-refractivity contribution in [3.05, 3.63) is 24.0 Å². The van der Waals surface area contributed by atoms with Crippen LogP contribution in [0.4, 0.5) is 0 Å². The summed E-state index contributed by atoms with van der Waals surface area (Å²) in [5, 5.41) is 10.2. The molecule has 0 saturated heterocycles. The zero-order chi connectivity index (χ0) is 11.3. The highest BCUT2D eigenvalue weighted by atomic mass is 32.1. The van der Waals surface area contributed by atoms with Crippen molar-refractivity contribution in [2.45, 2.75) is 13.5 Å². The summed E-state index contributed by atoms with van der Waals surface area (Å²) in [4.78, 5) is 11.6. The summed E-state index contributed by atoms with van der Waals surface area (Å²) in [6.07, 6.45) is 1.57. The molecular weight excluding hydrogens is 212 g/mol. The Balaban J connectivity index is 2.44. The Kier molecular flexibility index (Phi) is 4.11. The van der Waals surface area contributed by atoms with E-state index in [4.69, 9.17) is 18.0 Å². The highest BCUT2D eigenvalue weighted by molar-refractivity contribution is 7.80. The topological polar surface area (TPSA) is 80.9 Å². The molecule has 1 aromatic heterocycles. The summed E-state index contributed by atoms with van der Waals surface area (Å²) in [5.74, 6) is -0.662. The predicted octanol–water partition coefficient (Wildman–Crippen LogP) is 0.0150. The van der Waals surface area contributed by atoms with Crippen molar-refractivity contribution in [2.24, 2.45) is 11.7 Å². The van der Waals surface area contributed by atoms with E-state index in [1.807, 2.05) is 0 Å². The van der Waals surface area contributed by atoms with Gasteiger partial charge in [-0.3, -0.25) is 4.79 Å². The number of nitrogens with zero attached hydrogens (tertiary/aromatic N) is 2. The molecule has 0 saturated carbocycles. The fourth-order valence-electron chi connectivity index (χ4n) is 0.888. The van der Waals surface area contributed by atoms with Crippen LogP contribution in [0.25, 0.3) is 0 Å². The Bertz CT molecular complexity index is 354. The summed E-state index contributed by atoms with van der Waals surface area (Å²) in [6.45, 7) is 1.99. The van der Waals surface area contributed by atoms with E-state index in [1.54, 1.807) is 25.3 Å². The number of hydrogen-bond acceptors (Lipinski definition) is 4. The van der Waals surface area contributed by atoms with Gasteiger partial charge in [0.05, 0.1) is 23.1 Å². The molecule has 0 fully saturated rings. The van der Waals surface area contributed by atoms with Crippen LogP contribution in [0.15, 0.2) is 18.3 Å². The molecule has 0 aliphatic rings. The molecule has 80 valence electrons. The smallest absolute Gasteiger partial charge is 0.229 e. The van der Waals surface area contributed by atoms with Gasteiger partial charge in [0, 0.05) is 6.20 Å². The molecule has 1 rings (SSSR count). The van der Waals surface area contributed by atoms with E-state index in [2.05, 4.69) is 15.5 Å². The van der Waals surface area contributed by atoms with Gasteiger partial charge in [-0.25, -0.2) is 0 Å². The number of rotatable bonds is 4. The van der Waals surface area contributed by atoms with Crippen molar-refractivity contribution in [3.63, 3.8) is 0 Å². The Morgan fingerprint density at radius 1 is 1.73 bits per heavy atom. The van der Waals surface area contributed by atoms with E-state index >= 15 is 0 Å². The molecule has 3 N–H and O–H groups in total. The molecular formula is C9H12N4OS. The number of carbonyl (C=O) groups excluding carboxylic acids is 1. The molecule has 1 aromatic rings. The molecule has 5 nitrogen and oxygen atoms in total. The van der Waals surface area contributed by atoms with Gasteiger partial charge < -0.3 is 11.1 Å². The van der Waals surface area contributed by atoms with Gasteiger partial charge >= 0.3 is 0 Å². The molecule has 1 amide bonds. The van der Waals surface area contributed by atoms with Crippen LogP contribution >= 0.6 is 12.2 Å². The van der Waals surface area contributed by atoms with E-state index in [1.165, 1.54) is 0 Å². The number of amides is 1. The summed E-state index contributed by atoms with van der Waals surface area (Å²) in [6, 6.07) is 3.53. The molecule has 0 aliphatic heterocycles. The molecule has 0 spiro atoms. The van der Waals surface area contributed by atoms with Gasteiger partial charge in [-0.15, -0.1) is 0 Å². The van der Waals surface area contributed by atoms with Crippen LogP contribution in [-0.4, -0.2) is 21.1 Å².